The van der Waals surface area contributed by atoms with Crippen LogP contribution in [0.15, 0.2) is 36.4 Å². The number of benzene rings is 2. The van der Waals surface area contributed by atoms with Crippen molar-refractivity contribution in [2.75, 3.05) is 0 Å². The summed E-state index contributed by atoms with van der Waals surface area (Å²) in [5.41, 5.74) is -0.626. The summed E-state index contributed by atoms with van der Waals surface area (Å²) in [7, 11) is 0. The lowest BCUT2D eigenvalue weighted by Crippen LogP contribution is -2.12. The van der Waals surface area contributed by atoms with Crippen LogP contribution in [0.3, 0.4) is 0 Å². The molecule has 0 bridgehead atoms. The maximum absolute atomic E-state index is 13.7. The molecule has 0 aliphatic carbocycles. The molecule has 3 aromatic rings. The van der Waals surface area contributed by atoms with Gasteiger partial charge in [-0.1, -0.05) is 25.5 Å². The Morgan fingerprint density at radius 2 is 1.50 bits per heavy atom. The summed E-state index contributed by atoms with van der Waals surface area (Å²) in [5, 5.41) is 1.16. The van der Waals surface area contributed by atoms with E-state index in [2.05, 4.69) is 13.0 Å². The standard InChI is InChI=1S/C20H17F5S/c1-2-3-15-11-14-7-6-12(10-18(14)26-15)4-5-13-8-16(21)19(17(22)9-13)20(23,24)25/h6-11H,2-5H2,1H3. The zero-order valence-corrected chi connectivity index (χ0v) is 14.9. The minimum Gasteiger partial charge on any atom is -0.206 e. The molecule has 0 nitrogen and oxygen atoms in total. The molecule has 0 aliphatic rings. The number of hydrogen-bond acceptors (Lipinski definition) is 1. The van der Waals surface area contributed by atoms with Crippen LogP contribution in [-0.4, -0.2) is 0 Å². The third-order valence-corrected chi connectivity index (χ3v) is 5.38. The van der Waals surface area contributed by atoms with Gasteiger partial charge in [0.05, 0.1) is 0 Å². The lowest BCUT2D eigenvalue weighted by Gasteiger charge is -2.11. The summed E-state index contributed by atoms with van der Waals surface area (Å²) in [6, 6.07) is 9.70. The first kappa shape index (κ1) is 18.8. The molecule has 1 heterocycles. The Morgan fingerprint density at radius 1 is 0.846 bits per heavy atom. The second-order valence-electron chi connectivity index (χ2n) is 6.27. The number of thiophene rings is 1. The molecule has 2 aromatic carbocycles. The third kappa shape index (κ3) is 4.06. The predicted molar refractivity (Wildman–Crippen MR) is 94.6 cm³/mol. The molecule has 0 fully saturated rings. The molecule has 3 rings (SSSR count). The van der Waals surface area contributed by atoms with Crippen LogP contribution in [0.1, 0.15) is 34.9 Å². The molecule has 0 N–H and O–H groups in total. The molecular formula is C20H17F5S. The first-order valence-corrected chi connectivity index (χ1v) is 9.16. The van der Waals surface area contributed by atoms with Crippen LogP contribution in [-0.2, 0) is 25.4 Å². The molecule has 0 amide bonds. The maximum atomic E-state index is 13.7. The van der Waals surface area contributed by atoms with Gasteiger partial charge in [-0.3, -0.25) is 0 Å². The van der Waals surface area contributed by atoms with Gasteiger partial charge in [-0.15, -0.1) is 11.3 Å². The van der Waals surface area contributed by atoms with Gasteiger partial charge in [0.25, 0.3) is 0 Å². The maximum Gasteiger partial charge on any atom is 0.422 e. The van der Waals surface area contributed by atoms with E-state index in [9.17, 15) is 22.0 Å². The smallest absolute Gasteiger partial charge is 0.206 e. The van der Waals surface area contributed by atoms with Crippen LogP contribution in [0.25, 0.3) is 10.1 Å². The van der Waals surface area contributed by atoms with Gasteiger partial charge in [-0.2, -0.15) is 13.2 Å². The van der Waals surface area contributed by atoms with Crippen molar-refractivity contribution in [3.63, 3.8) is 0 Å². The summed E-state index contributed by atoms with van der Waals surface area (Å²) in [6.45, 7) is 2.12. The molecule has 0 radical (unpaired) electrons. The average molecular weight is 384 g/mol. The zero-order chi connectivity index (χ0) is 18.9. The van der Waals surface area contributed by atoms with E-state index in [-0.39, 0.29) is 12.0 Å². The highest BCUT2D eigenvalue weighted by Crippen LogP contribution is 2.34. The van der Waals surface area contributed by atoms with Crippen LogP contribution >= 0.6 is 11.3 Å². The topological polar surface area (TPSA) is 0 Å². The van der Waals surface area contributed by atoms with Crippen LogP contribution in [0.4, 0.5) is 22.0 Å². The second-order valence-corrected chi connectivity index (χ2v) is 7.44. The highest BCUT2D eigenvalue weighted by atomic mass is 32.1. The number of alkyl halides is 3. The normalized spacial score (nSPS) is 12.1. The Hall–Kier alpha value is -1.95. The van der Waals surface area contributed by atoms with Gasteiger partial charge in [-0.05, 0) is 60.0 Å². The molecule has 0 atom stereocenters. The fourth-order valence-electron chi connectivity index (χ4n) is 2.99. The molecule has 138 valence electrons. The van der Waals surface area contributed by atoms with E-state index in [1.165, 1.54) is 4.88 Å². The first-order chi connectivity index (χ1) is 12.3. The summed E-state index contributed by atoms with van der Waals surface area (Å²) < 4.78 is 66.3. The molecule has 1 aromatic heterocycles. The average Bonchev–Trinajstić information content (AvgIpc) is 2.92. The minimum absolute atomic E-state index is 0.214. The van der Waals surface area contributed by atoms with Gasteiger partial charge >= 0.3 is 6.18 Å². The van der Waals surface area contributed by atoms with Crippen molar-refractivity contribution in [2.45, 2.75) is 38.8 Å². The molecular weight excluding hydrogens is 367 g/mol. The van der Waals surface area contributed by atoms with Crippen LogP contribution in [0, 0.1) is 11.6 Å². The van der Waals surface area contributed by atoms with Crippen LogP contribution in [0.2, 0.25) is 0 Å². The summed E-state index contributed by atoms with van der Waals surface area (Å²) in [5.74, 6) is -3.13. The quantitative estimate of drug-likeness (QED) is 0.418. The molecule has 6 heteroatoms. The molecule has 0 spiro atoms. The fraction of sp³-hybridized carbons (Fsp3) is 0.300. The van der Waals surface area contributed by atoms with Gasteiger partial charge in [0.15, 0.2) is 0 Å². The van der Waals surface area contributed by atoms with E-state index < -0.39 is 23.4 Å². The third-order valence-electron chi connectivity index (χ3n) is 4.22. The van der Waals surface area contributed by atoms with Crippen molar-refractivity contribution in [2.24, 2.45) is 0 Å². The van der Waals surface area contributed by atoms with Crippen molar-refractivity contribution < 1.29 is 22.0 Å². The second kappa shape index (κ2) is 7.35. The lowest BCUT2D eigenvalue weighted by atomic mass is 10.0. The largest absolute Gasteiger partial charge is 0.422 e. The number of halogens is 5. The van der Waals surface area contributed by atoms with Gasteiger partial charge < -0.3 is 0 Å². The Morgan fingerprint density at radius 3 is 2.12 bits per heavy atom. The van der Waals surface area contributed by atoms with E-state index in [0.717, 1.165) is 40.6 Å². The fourth-order valence-corrected chi connectivity index (χ4v) is 4.21. The number of rotatable bonds is 5. The van der Waals surface area contributed by atoms with Gasteiger partial charge in [0, 0.05) is 9.58 Å². The SMILES string of the molecule is CCCc1cc2ccc(CCc3cc(F)c(C(F)(F)F)c(F)c3)cc2s1. The highest BCUT2D eigenvalue weighted by Gasteiger charge is 2.37. The van der Waals surface area contributed by atoms with Crippen molar-refractivity contribution >= 4 is 21.4 Å². The van der Waals surface area contributed by atoms with E-state index in [1.807, 2.05) is 18.2 Å². The Kier molecular flexibility index (Phi) is 5.32. The summed E-state index contributed by atoms with van der Waals surface area (Å²) >= 11 is 1.72. The van der Waals surface area contributed by atoms with Gasteiger partial charge in [-0.25, -0.2) is 8.78 Å². The van der Waals surface area contributed by atoms with Crippen molar-refractivity contribution in [3.05, 3.63) is 69.6 Å². The van der Waals surface area contributed by atoms with Crippen LogP contribution in [0.5, 0.6) is 0 Å². The van der Waals surface area contributed by atoms with E-state index in [4.69, 9.17) is 0 Å². The Bertz CT molecular complexity index is 901. The number of fused-ring (bicyclic) bond motifs is 1. The highest BCUT2D eigenvalue weighted by molar-refractivity contribution is 7.19. The summed E-state index contributed by atoms with van der Waals surface area (Å²) in [6.07, 6.45) is -2.16. The van der Waals surface area contributed by atoms with E-state index in [0.29, 0.717) is 6.42 Å². The lowest BCUT2D eigenvalue weighted by molar-refractivity contribution is -0.142. The van der Waals surface area contributed by atoms with Crippen LogP contribution < -0.4 is 0 Å². The predicted octanol–water partition coefficient (Wildman–Crippen LogP) is 6.94. The van der Waals surface area contributed by atoms with Crippen molar-refractivity contribution in [3.8, 4) is 0 Å². The first-order valence-electron chi connectivity index (χ1n) is 8.34. The Labute approximate surface area is 152 Å². The molecule has 0 saturated carbocycles. The van der Waals surface area contributed by atoms with Gasteiger partial charge in [0.2, 0.25) is 0 Å². The monoisotopic (exact) mass is 384 g/mol. The molecule has 0 saturated heterocycles. The van der Waals surface area contributed by atoms with Gasteiger partial charge in [0.1, 0.15) is 17.2 Å². The van der Waals surface area contributed by atoms with Crippen molar-refractivity contribution in [1.82, 2.24) is 0 Å². The summed E-state index contributed by atoms with van der Waals surface area (Å²) in [4.78, 5) is 1.31. The Balaban J connectivity index is 1.77. The van der Waals surface area contributed by atoms with E-state index >= 15 is 0 Å². The number of hydrogen-bond donors (Lipinski definition) is 0. The minimum atomic E-state index is -5.03. The van der Waals surface area contributed by atoms with E-state index in [1.54, 1.807) is 11.3 Å². The molecule has 26 heavy (non-hydrogen) atoms. The molecule has 0 unspecified atom stereocenters. The zero-order valence-electron chi connectivity index (χ0n) is 14.1. The molecule has 0 aliphatic heterocycles. The number of aryl methyl sites for hydroxylation is 3. The van der Waals surface area contributed by atoms with Crippen molar-refractivity contribution in [1.29, 1.82) is 0 Å².